The van der Waals surface area contributed by atoms with Gasteiger partial charge in [-0.15, -0.1) is 0 Å². The van der Waals surface area contributed by atoms with Gasteiger partial charge in [0.2, 0.25) is 11.7 Å². The van der Waals surface area contributed by atoms with Crippen LogP contribution in [0.3, 0.4) is 0 Å². The number of hydrogen-bond acceptors (Lipinski definition) is 7. The maximum atomic E-state index is 13.6. The first-order valence-electron chi connectivity index (χ1n) is 14.1. The number of carbonyl (C=O) groups excluding carboxylic acids is 1. The van der Waals surface area contributed by atoms with Crippen LogP contribution in [0.1, 0.15) is 52.7 Å². The van der Waals surface area contributed by atoms with Gasteiger partial charge in [-0.1, -0.05) is 30.3 Å². The molecule has 0 saturated heterocycles. The van der Waals surface area contributed by atoms with E-state index in [4.69, 9.17) is 23.7 Å². The zero-order chi connectivity index (χ0) is 28.9. The van der Waals surface area contributed by atoms with Crippen molar-refractivity contribution in [2.45, 2.75) is 44.2 Å². The Balaban J connectivity index is 1.47. The molecular weight excluding hydrogens is 520 g/mol. The lowest BCUT2D eigenvalue weighted by molar-refractivity contribution is -0.123. The quantitative estimate of drug-likeness (QED) is 0.371. The van der Waals surface area contributed by atoms with Crippen LogP contribution in [-0.4, -0.2) is 59.4 Å². The van der Waals surface area contributed by atoms with Crippen LogP contribution in [0.4, 0.5) is 0 Å². The molecule has 3 aromatic rings. The summed E-state index contributed by atoms with van der Waals surface area (Å²) in [4.78, 5) is 15.8. The first-order chi connectivity index (χ1) is 20.0. The molecule has 1 heterocycles. The van der Waals surface area contributed by atoms with Crippen molar-refractivity contribution in [1.82, 2.24) is 10.2 Å². The van der Waals surface area contributed by atoms with E-state index >= 15 is 0 Å². The molecule has 0 fully saturated rings. The molecule has 0 aromatic heterocycles. The monoisotopic (exact) mass is 560 g/mol. The highest BCUT2D eigenvalue weighted by Gasteiger charge is 2.33. The molecule has 1 aliphatic carbocycles. The summed E-state index contributed by atoms with van der Waals surface area (Å²) in [6.45, 7) is 1.02. The van der Waals surface area contributed by atoms with Crippen LogP contribution in [-0.2, 0) is 24.1 Å². The maximum Gasteiger partial charge on any atom is 0.234 e. The van der Waals surface area contributed by atoms with E-state index in [-0.39, 0.29) is 24.5 Å². The molecular formula is C33H40N2O6. The Morgan fingerprint density at radius 3 is 2.27 bits per heavy atom. The van der Waals surface area contributed by atoms with Gasteiger partial charge < -0.3 is 29.0 Å². The van der Waals surface area contributed by atoms with Crippen molar-refractivity contribution < 1.29 is 28.5 Å². The van der Waals surface area contributed by atoms with Crippen LogP contribution in [0.5, 0.6) is 28.7 Å². The number of rotatable bonds is 10. The van der Waals surface area contributed by atoms with Gasteiger partial charge in [0.05, 0.1) is 48.1 Å². The largest absolute Gasteiger partial charge is 0.493 e. The third-order valence-corrected chi connectivity index (χ3v) is 8.36. The number of methoxy groups -OCH3 is 5. The maximum absolute atomic E-state index is 13.6. The van der Waals surface area contributed by atoms with Gasteiger partial charge in [-0.2, -0.15) is 0 Å². The lowest BCUT2D eigenvalue weighted by atomic mass is 9.87. The van der Waals surface area contributed by atoms with Crippen LogP contribution < -0.4 is 29.0 Å². The number of carbonyl (C=O) groups is 1. The van der Waals surface area contributed by atoms with Crippen LogP contribution in [0.15, 0.2) is 48.5 Å². The van der Waals surface area contributed by atoms with Gasteiger partial charge in [0.15, 0.2) is 23.0 Å². The number of hydrogen-bond donors (Lipinski definition) is 1. The predicted molar refractivity (Wildman–Crippen MR) is 158 cm³/mol. The standard InChI is InChI=1S/C33H40N2O6/c1-37-28-14-13-23(32(40-4)33(28)41-5)17-27-25-19-30(39-3)29(38-2)18-22(25)15-16-35(27)20-31(36)34-26-12-8-10-21-9-6-7-11-24(21)26/h6-7,9,11,13-14,18-19,26-27H,8,10,12,15-17,20H2,1-5H3,(H,34,36). The topological polar surface area (TPSA) is 78.5 Å². The number of benzene rings is 3. The molecule has 8 heteroatoms. The average molecular weight is 561 g/mol. The van der Waals surface area contributed by atoms with Crippen LogP contribution in [0, 0.1) is 0 Å². The zero-order valence-electron chi connectivity index (χ0n) is 24.6. The van der Waals surface area contributed by atoms with E-state index in [1.54, 1.807) is 35.5 Å². The van der Waals surface area contributed by atoms with E-state index in [1.807, 2.05) is 18.2 Å². The van der Waals surface area contributed by atoms with E-state index in [1.165, 1.54) is 16.7 Å². The van der Waals surface area contributed by atoms with E-state index in [0.717, 1.165) is 43.4 Å². The molecule has 1 amide bonds. The summed E-state index contributed by atoms with van der Waals surface area (Å²) in [6, 6.07) is 16.4. The first-order valence-corrected chi connectivity index (χ1v) is 14.1. The summed E-state index contributed by atoms with van der Waals surface area (Å²) < 4.78 is 28.3. The molecule has 218 valence electrons. The van der Waals surface area contributed by atoms with Gasteiger partial charge in [-0.3, -0.25) is 9.69 Å². The highest BCUT2D eigenvalue weighted by Crippen LogP contribution is 2.44. The summed E-state index contributed by atoms with van der Waals surface area (Å²) in [5, 5.41) is 3.34. The number of fused-ring (bicyclic) bond motifs is 2. The molecule has 41 heavy (non-hydrogen) atoms. The molecule has 0 spiro atoms. The number of amides is 1. The molecule has 3 aromatic carbocycles. The van der Waals surface area contributed by atoms with Crippen LogP contribution in [0.2, 0.25) is 0 Å². The van der Waals surface area contributed by atoms with Crippen molar-refractivity contribution in [3.8, 4) is 28.7 Å². The second-order valence-corrected chi connectivity index (χ2v) is 10.6. The Kier molecular flexibility index (Phi) is 8.88. The Labute approximate surface area is 242 Å². The minimum Gasteiger partial charge on any atom is -0.493 e. The lowest BCUT2D eigenvalue weighted by Gasteiger charge is -2.38. The van der Waals surface area contributed by atoms with Gasteiger partial charge >= 0.3 is 0 Å². The van der Waals surface area contributed by atoms with E-state index in [9.17, 15) is 4.79 Å². The molecule has 2 atom stereocenters. The normalized spacial score (nSPS) is 18.1. The van der Waals surface area contributed by atoms with Crippen molar-refractivity contribution >= 4 is 5.91 Å². The van der Waals surface area contributed by atoms with E-state index in [0.29, 0.717) is 35.2 Å². The molecule has 0 radical (unpaired) electrons. The fourth-order valence-corrected chi connectivity index (χ4v) is 6.37. The molecule has 2 unspecified atom stereocenters. The minimum absolute atomic E-state index is 0.0277. The van der Waals surface area contributed by atoms with Crippen molar-refractivity contribution in [2.75, 3.05) is 48.6 Å². The van der Waals surface area contributed by atoms with Crippen molar-refractivity contribution in [1.29, 1.82) is 0 Å². The molecule has 0 saturated carbocycles. The Bertz CT molecular complexity index is 1390. The zero-order valence-corrected chi connectivity index (χ0v) is 24.6. The molecule has 0 bridgehead atoms. The second kappa shape index (κ2) is 12.7. The summed E-state index contributed by atoms with van der Waals surface area (Å²) in [6.07, 6.45) is 4.49. The highest BCUT2D eigenvalue weighted by molar-refractivity contribution is 5.79. The molecule has 2 aliphatic rings. The first kappa shape index (κ1) is 28.6. The van der Waals surface area contributed by atoms with Crippen molar-refractivity contribution in [3.63, 3.8) is 0 Å². The average Bonchev–Trinajstić information content (AvgIpc) is 3.01. The second-order valence-electron chi connectivity index (χ2n) is 10.6. The molecule has 1 aliphatic heterocycles. The number of aryl methyl sites for hydroxylation is 1. The number of nitrogens with zero attached hydrogens (tertiary/aromatic N) is 1. The fourth-order valence-electron chi connectivity index (χ4n) is 6.37. The van der Waals surface area contributed by atoms with Gasteiger partial charge in [-0.05, 0) is 72.6 Å². The molecule has 8 nitrogen and oxygen atoms in total. The Morgan fingerprint density at radius 1 is 0.805 bits per heavy atom. The van der Waals surface area contributed by atoms with Crippen molar-refractivity contribution in [3.05, 3.63) is 76.3 Å². The summed E-state index contributed by atoms with van der Waals surface area (Å²) in [5.41, 5.74) is 5.82. The fraction of sp³-hybridized carbons (Fsp3) is 0.424. The van der Waals surface area contributed by atoms with E-state index < -0.39 is 0 Å². The smallest absolute Gasteiger partial charge is 0.234 e. The lowest BCUT2D eigenvalue weighted by Crippen LogP contribution is -2.44. The summed E-state index contributed by atoms with van der Waals surface area (Å²) in [7, 11) is 8.15. The molecule has 5 rings (SSSR count). The van der Waals surface area contributed by atoms with Crippen LogP contribution in [0.25, 0.3) is 0 Å². The molecule has 1 N–H and O–H groups in total. The Morgan fingerprint density at radius 2 is 1.54 bits per heavy atom. The third kappa shape index (κ3) is 5.79. The summed E-state index contributed by atoms with van der Waals surface area (Å²) in [5.74, 6) is 3.18. The van der Waals surface area contributed by atoms with Crippen molar-refractivity contribution in [2.24, 2.45) is 0 Å². The van der Waals surface area contributed by atoms with Gasteiger partial charge in [0, 0.05) is 18.2 Å². The minimum atomic E-state index is -0.102. The van der Waals surface area contributed by atoms with E-state index in [2.05, 4.69) is 40.5 Å². The highest BCUT2D eigenvalue weighted by atomic mass is 16.5. The van der Waals surface area contributed by atoms with Crippen LogP contribution >= 0.6 is 0 Å². The third-order valence-electron chi connectivity index (χ3n) is 8.36. The SMILES string of the molecule is COc1cc2c(cc1OC)C(Cc1ccc(OC)c(OC)c1OC)N(CC(=O)NC1CCCc3ccccc31)CC2. The number of nitrogens with one attached hydrogen (secondary N) is 1. The summed E-state index contributed by atoms with van der Waals surface area (Å²) >= 11 is 0. The van der Waals surface area contributed by atoms with Gasteiger partial charge in [-0.25, -0.2) is 0 Å². The predicted octanol–water partition coefficient (Wildman–Crippen LogP) is 5.07. The Hall–Kier alpha value is -3.91. The number of ether oxygens (including phenoxy) is 5. The van der Waals surface area contributed by atoms with Gasteiger partial charge in [0.25, 0.3) is 0 Å². The van der Waals surface area contributed by atoms with Gasteiger partial charge in [0.1, 0.15) is 0 Å².